The molecule has 3 fully saturated rings. The van der Waals surface area contributed by atoms with Crippen molar-refractivity contribution in [3.8, 4) is 0 Å². The number of nitrogens with one attached hydrogen (secondary N) is 1. The highest BCUT2D eigenvalue weighted by Gasteiger charge is 2.44. The van der Waals surface area contributed by atoms with Gasteiger partial charge in [0, 0.05) is 26.7 Å². The number of fused-ring (bicyclic) bond motifs is 1. The van der Waals surface area contributed by atoms with E-state index in [-0.39, 0.29) is 18.7 Å². The first-order valence-electron chi connectivity index (χ1n) is 13.0. The zero-order valence-electron chi connectivity index (χ0n) is 20.5. The number of benzene rings is 1. The van der Waals surface area contributed by atoms with Gasteiger partial charge < -0.3 is 9.64 Å². The van der Waals surface area contributed by atoms with Crippen LogP contribution < -0.4 is 5.32 Å². The predicted octanol–water partition coefficient (Wildman–Crippen LogP) is 2.72. The molecule has 1 aromatic rings. The lowest BCUT2D eigenvalue weighted by molar-refractivity contribution is -0.136. The minimum absolute atomic E-state index is 0.127. The number of amides is 4. The average Bonchev–Trinajstić information content (AvgIpc) is 3.10. The lowest BCUT2D eigenvalue weighted by Gasteiger charge is -2.36. The first kappa shape index (κ1) is 24.1. The maximum absolute atomic E-state index is 13.1. The smallest absolute Gasteiger partial charge is 0.262 e. The van der Waals surface area contributed by atoms with Crippen LogP contribution in [-0.4, -0.2) is 72.8 Å². The topological polar surface area (TPSA) is 96.0 Å². The summed E-state index contributed by atoms with van der Waals surface area (Å²) >= 11 is 0. The Morgan fingerprint density at radius 2 is 1.57 bits per heavy atom. The zero-order valence-corrected chi connectivity index (χ0v) is 20.5. The van der Waals surface area contributed by atoms with Crippen molar-refractivity contribution in [2.75, 3.05) is 33.4 Å². The third-order valence-electron chi connectivity index (χ3n) is 8.41. The van der Waals surface area contributed by atoms with Gasteiger partial charge in [0.25, 0.3) is 11.8 Å². The van der Waals surface area contributed by atoms with Crippen LogP contribution in [0.4, 0.5) is 0 Å². The number of carbonyl (C=O) groups excluding carboxylic acids is 4. The van der Waals surface area contributed by atoms with E-state index in [1.165, 1.54) is 32.2 Å². The number of hydrogen-bond donors (Lipinski definition) is 1. The molecule has 4 aliphatic rings. The van der Waals surface area contributed by atoms with Crippen LogP contribution in [-0.2, 0) is 14.3 Å². The largest absolute Gasteiger partial charge is 0.384 e. The molecule has 0 spiro atoms. The summed E-state index contributed by atoms with van der Waals surface area (Å²) in [7, 11) is 1.79. The fourth-order valence-corrected chi connectivity index (χ4v) is 6.37. The van der Waals surface area contributed by atoms with E-state index in [0.717, 1.165) is 54.8 Å². The van der Waals surface area contributed by atoms with E-state index in [0.29, 0.717) is 17.0 Å². The van der Waals surface area contributed by atoms with Gasteiger partial charge in [0.1, 0.15) is 6.04 Å². The second-order valence-electron chi connectivity index (χ2n) is 10.7. The highest BCUT2D eigenvalue weighted by atomic mass is 16.5. The number of hydrogen-bond acceptors (Lipinski definition) is 6. The van der Waals surface area contributed by atoms with Gasteiger partial charge in [0.05, 0.1) is 11.1 Å². The third-order valence-corrected chi connectivity index (χ3v) is 8.41. The fourth-order valence-electron chi connectivity index (χ4n) is 6.37. The Morgan fingerprint density at radius 3 is 2.26 bits per heavy atom. The summed E-state index contributed by atoms with van der Waals surface area (Å²) in [4.78, 5) is 53.5. The van der Waals surface area contributed by atoms with Gasteiger partial charge in [-0.15, -0.1) is 0 Å². The Labute approximate surface area is 206 Å². The van der Waals surface area contributed by atoms with Crippen LogP contribution in [0.2, 0.25) is 0 Å². The molecule has 2 saturated heterocycles. The Balaban J connectivity index is 1.18. The first-order chi connectivity index (χ1) is 16.9. The van der Waals surface area contributed by atoms with Gasteiger partial charge in [-0.25, -0.2) is 0 Å². The zero-order chi connectivity index (χ0) is 24.5. The number of methoxy groups -OCH3 is 1. The Bertz CT molecular complexity index is 1010. The number of piperidine rings is 2. The molecule has 3 heterocycles. The molecule has 3 aliphatic heterocycles. The van der Waals surface area contributed by atoms with Crippen molar-refractivity contribution in [2.24, 2.45) is 11.8 Å². The standard InChI is InChI=1S/C27H35N3O5/c1-35-16-18-4-2-17(3-5-18)15-29-12-10-19(11-13-29)20-6-7-21-22(14-20)27(34)30(26(21)33)23-8-9-24(31)28-25(23)32/h6-7,14,17-19,23H,2-5,8-13,15-16H2,1H3,(H,28,31,32)/t17-,18-,23?. The highest BCUT2D eigenvalue weighted by molar-refractivity contribution is 6.23. The Kier molecular flexibility index (Phi) is 7.02. The van der Waals surface area contributed by atoms with Crippen molar-refractivity contribution >= 4 is 23.6 Å². The van der Waals surface area contributed by atoms with E-state index in [4.69, 9.17) is 4.74 Å². The van der Waals surface area contributed by atoms with Crippen molar-refractivity contribution < 1.29 is 23.9 Å². The van der Waals surface area contributed by atoms with Crippen molar-refractivity contribution in [1.29, 1.82) is 0 Å². The van der Waals surface area contributed by atoms with Crippen LogP contribution in [0.1, 0.15) is 83.6 Å². The molecule has 0 bridgehead atoms. The molecule has 1 unspecified atom stereocenters. The maximum atomic E-state index is 13.1. The molecule has 0 radical (unpaired) electrons. The summed E-state index contributed by atoms with van der Waals surface area (Å²) in [5.41, 5.74) is 1.83. The summed E-state index contributed by atoms with van der Waals surface area (Å²) in [6, 6.07) is 4.65. The van der Waals surface area contributed by atoms with Gasteiger partial charge in [-0.2, -0.15) is 0 Å². The van der Waals surface area contributed by atoms with Gasteiger partial charge in [0.2, 0.25) is 11.8 Å². The van der Waals surface area contributed by atoms with Gasteiger partial charge in [-0.3, -0.25) is 29.4 Å². The number of ether oxygens (including phenoxy) is 1. The number of carbonyl (C=O) groups is 4. The Hall–Kier alpha value is -2.58. The van der Waals surface area contributed by atoms with Crippen LogP contribution in [0.25, 0.3) is 0 Å². The minimum Gasteiger partial charge on any atom is -0.384 e. The lowest BCUT2D eigenvalue weighted by atomic mass is 9.81. The molecule has 1 aliphatic carbocycles. The molecule has 1 aromatic carbocycles. The molecule has 5 rings (SSSR count). The monoisotopic (exact) mass is 481 g/mol. The molecule has 1 N–H and O–H groups in total. The summed E-state index contributed by atoms with van der Waals surface area (Å²) in [6.07, 6.45) is 7.50. The third kappa shape index (κ3) is 4.91. The molecular weight excluding hydrogens is 446 g/mol. The molecular formula is C27H35N3O5. The van der Waals surface area contributed by atoms with Crippen molar-refractivity contribution in [3.63, 3.8) is 0 Å². The average molecular weight is 482 g/mol. The molecule has 1 saturated carbocycles. The van der Waals surface area contributed by atoms with Crippen molar-refractivity contribution in [2.45, 2.75) is 63.3 Å². The second-order valence-corrected chi connectivity index (χ2v) is 10.7. The molecule has 1 atom stereocenters. The molecule has 35 heavy (non-hydrogen) atoms. The molecule has 0 aromatic heterocycles. The van der Waals surface area contributed by atoms with Crippen LogP contribution in [0.5, 0.6) is 0 Å². The van der Waals surface area contributed by atoms with E-state index in [1.54, 1.807) is 13.2 Å². The molecule has 8 nitrogen and oxygen atoms in total. The summed E-state index contributed by atoms with van der Waals surface area (Å²) in [6.45, 7) is 4.16. The van der Waals surface area contributed by atoms with Crippen molar-refractivity contribution in [3.05, 3.63) is 34.9 Å². The van der Waals surface area contributed by atoms with Gasteiger partial charge >= 0.3 is 0 Å². The summed E-state index contributed by atoms with van der Waals surface area (Å²) in [5, 5.41) is 2.24. The number of nitrogens with zero attached hydrogens (tertiary/aromatic N) is 2. The highest BCUT2D eigenvalue weighted by Crippen LogP contribution is 2.35. The van der Waals surface area contributed by atoms with Crippen LogP contribution in [0.15, 0.2) is 18.2 Å². The molecule has 188 valence electrons. The SMILES string of the molecule is COC[C@H]1CC[C@H](CN2CCC(c3ccc4c(c3)C(=O)N(C3CCC(=O)NC3=O)C4=O)CC2)CC1. The minimum atomic E-state index is -0.920. The second kappa shape index (κ2) is 10.2. The van der Waals surface area contributed by atoms with E-state index in [2.05, 4.69) is 10.2 Å². The van der Waals surface area contributed by atoms with E-state index >= 15 is 0 Å². The fraction of sp³-hybridized carbons (Fsp3) is 0.630. The summed E-state index contributed by atoms with van der Waals surface area (Å²) < 4.78 is 5.32. The number of likely N-dealkylation sites (tertiary alicyclic amines) is 1. The molecule has 8 heteroatoms. The van der Waals surface area contributed by atoms with E-state index in [9.17, 15) is 19.2 Å². The van der Waals surface area contributed by atoms with Crippen LogP contribution in [0, 0.1) is 11.8 Å². The maximum Gasteiger partial charge on any atom is 0.262 e. The van der Waals surface area contributed by atoms with E-state index in [1.807, 2.05) is 12.1 Å². The number of imide groups is 2. The quantitative estimate of drug-likeness (QED) is 0.628. The van der Waals surface area contributed by atoms with E-state index < -0.39 is 23.8 Å². The normalized spacial score (nSPS) is 28.4. The number of rotatable bonds is 6. The van der Waals surface area contributed by atoms with Gasteiger partial charge in [-0.05, 0) is 93.5 Å². The van der Waals surface area contributed by atoms with Crippen molar-refractivity contribution in [1.82, 2.24) is 15.1 Å². The van der Waals surface area contributed by atoms with Crippen LogP contribution >= 0.6 is 0 Å². The summed E-state index contributed by atoms with van der Waals surface area (Å²) in [5.74, 6) is 0.0557. The van der Waals surface area contributed by atoms with Gasteiger partial charge in [-0.1, -0.05) is 6.07 Å². The predicted molar refractivity (Wildman–Crippen MR) is 129 cm³/mol. The lowest BCUT2D eigenvalue weighted by Crippen LogP contribution is -2.54. The molecule has 4 amide bonds. The van der Waals surface area contributed by atoms with Crippen LogP contribution in [0.3, 0.4) is 0 Å². The van der Waals surface area contributed by atoms with Gasteiger partial charge in [0.15, 0.2) is 0 Å². The first-order valence-corrected chi connectivity index (χ1v) is 13.0. The Morgan fingerprint density at radius 1 is 0.886 bits per heavy atom.